The summed E-state index contributed by atoms with van der Waals surface area (Å²) in [6.45, 7) is 7.37. The quantitative estimate of drug-likeness (QED) is 0.248. The molecule has 33 heavy (non-hydrogen) atoms. The van der Waals surface area contributed by atoms with Crippen molar-refractivity contribution >= 4 is 24.0 Å². The lowest BCUT2D eigenvalue weighted by molar-refractivity contribution is -0.150. The second kappa shape index (κ2) is 9.21. The zero-order valence-corrected chi connectivity index (χ0v) is 19.0. The van der Waals surface area contributed by atoms with E-state index >= 15 is 0 Å². The number of hydrogen-bond donors (Lipinski definition) is 0. The second-order valence-electron chi connectivity index (χ2n) is 8.45. The predicted molar refractivity (Wildman–Crippen MR) is 121 cm³/mol. The normalized spacial score (nSPS) is 26.1. The first kappa shape index (κ1) is 22.8. The van der Waals surface area contributed by atoms with Crippen molar-refractivity contribution in [2.75, 3.05) is 13.7 Å². The van der Waals surface area contributed by atoms with Crippen LogP contribution >= 0.6 is 0 Å². The summed E-state index contributed by atoms with van der Waals surface area (Å²) in [4.78, 5) is 37.7. The summed E-state index contributed by atoms with van der Waals surface area (Å²) >= 11 is 0. The number of rotatable bonds is 9. The molecule has 5 atom stereocenters. The van der Waals surface area contributed by atoms with Gasteiger partial charge >= 0.3 is 5.97 Å². The van der Waals surface area contributed by atoms with Crippen molar-refractivity contribution in [3.05, 3.63) is 48.1 Å². The fourth-order valence-corrected chi connectivity index (χ4v) is 4.96. The molecule has 1 aliphatic heterocycles. The third-order valence-corrected chi connectivity index (χ3v) is 6.42. The van der Waals surface area contributed by atoms with Crippen LogP contribution in [-0.2, 0) is 25.5 Å². The number of benzene rings is 1. The second-order valence-corrected chi connectivity index (χ2v) is 8.45. The molecule has 8 nitrogen and oxygen atoms in total. The minimum atomic E-state index is -0.829. The van der Waals surface area contributed by atoms with Gasteiger partial charge in [-0.05, 0) is 56.2 Å². The number of carbonyl (C=O) groups excluding carboxylic acids is 3. The number of amides is 2. The van der Waals surface area contributed by atoms with Gasteiger partial charge in [-0.25, -0.2) is 4.79 Å². The van der Waals surface area contributed by atoms with E-state index in [0.717, 1.165) is 17.0 Å². The van der Waals surface area contributed by atoms with E-state index in [-0.39, 0.29) is 42.1 Å². The SMILES string of the molecule is C=CCc1cc(C=NN2C(=O)[C@@H]3[C@H](C2=O)[C@H]2C=C[C@H]3C2)cc(OC)c1O[C@@H](C)C(=O)OCC. The lowest BCUT2D eigenvalue weighted by atomic mass is 9.85. The van der Waals surface area contributed by atoms with Crippen LogP contribution < -0.4 is 9.47 Å². The standard InChI is InChI=1S/C25H28N2O6/c1-5-7-18-10-15(11-19(31-4)22(18)33-14(3)25(30)32-6-2)13-26-27-23(28)20-16-8-9-17(12-16)21(20)24(27)29/h5,8-11,13-14,16-17,20-21H,1,6-7,12H2,2-4H3/t14-,16-,17-,20-,21+/m0/s1. The highest BCUT2D eigenvalue weighted by molar-refractivity contribution is 6.06. The van der Waals surface area contributed by atoms with E-state index in [2.05, 4.69) is 11.7 Å². The maximum absolute atomic E-state index is 12.8. The molecular weight excluding hydrogens is 424 g/mol. The Morgan fingerprint density at radius 2 is 1.91 bits per heavy atom. The lowest BCUT2D eigenvalue weighted by Crippen LogP contribution is -2.28. The topological polar surface area (TPSA) is 94.5 Å². The fourth-order valence-electron chi connectivity index (χ4n) is 4.96. The summed E-state index contributed by atoms with van der Waals surface area (Å²) in [5.41, 5.74) is 1.35. The minimum Gasteiger partial charge on any atom is -0.493 e. The number of allylic oxidation sites excluding steroid dienone is 3. The molecule has 0 aromatic heterocycles. The number of hydrogen-bond acceptors (Lipinski definition) is 7. The summed E-state index contributed by atoms with van der Waals surface area (Å²) in [5.74, 6) is -0.478. The van der Waals surface area contributed by atoms with Gasteiger partial charge in [-0.3, -0.25) is 9.59 Å². The number of nitrogens with zero attached hydrogens (tertiary/aromatic N) is 2. The van der Waals surface area contributed by atoms with Crippen molar-refractivity contribution in [1.29, 1.82) is 0 Å². The maximum Gasteiger partial charge on any atom is 0.347 e. The van der Waals surface area contributed by atoms with Crippen molar-refractivity contribution in [3.63, 3.8) is 0 Å². The van der Waals surface area contributed by atoms with Crippen molar-refractivity contribution in [1.82, 2.24) is 5.01 Å². The molecule has 0 spiro atoms. The molecule has 2 bridgehead atoms. The van der Waals surface area contributed by atoms with Gasteiger partial charge in [-0.1, -0.05) is 18.2 Å². The molecule has 1 heterocycles. The van der Waals surface area contributed by atoms with Gasteiger partial charge < -0.3 is 14.2 Å². The Balaban J connectivity index is 1.58. The molecule has 0 radical (unpaired) electrons. The van der Waals surface area contributed by atoms with Gasteiger partial charge in [0.2, 0.25) is 0 Å². The largest absolute Gasteiger partial charge is 0.493 e. The van der Waals surface area contributed by atoms with Gasteiger partial charge in [0.05, 0.1) is 31.8 Å². The first-order valence-corrected chi connectivity index (χ1v) is 11.1. The van der Waals surface area contributed by atoms with Crippen LogP contribution in [0, 0.1) is 23.7 Å². The van der Waals surface area contributed by atoms with Crippen LogP contribution in [-0.4, -0.2) is 48.8 Å². The number of hydrazone groups is 1. The third kappa shape index (κ3) is 4.05. The van der Waals surface area contributed by atoms with E-state index in [1.807, 2.05) is 12.2 Å². The molecule has 1 aromatic rings. The number of fused-ring (bicyclic) bond motifs is 5. The van der Waals surface area contributed by atoms with Crippen LogP contribution in [0.5, 0.6) is 11.5 Å². The van der Waals surface area contributed by atoms with E-state index in [1.165, 1.54) is 13.3 Å². The highest BCUT2D eigenvalue weighted by atomic mass is 16.6. The number of carbonyl (C=O) groups is 3. The Morgan fingerprint density at radius 1 is 1.24 bits per heavy atom. The van der Waals surface area contributed by atoms with Crippen molar-refractivity contribution < 1.29 is 28.6 Å². The Hall–Kier alpha value is -3.42. The fraction of sp³-hybridized carbons (Fsp3) is 0.440. The minimum absolute atomic E-state index is 0.133. The summed E-state index contributed by atoms with van der Waals surface area (Å²) in [6.07, 6.45) is 7.76. The summed E-state index contributed by atoms with van der Waals surface area (Å²) in [6, 6.07) is 3.48. The zero-order valence-electron chi connectivity index (χ0n) is 19.0. The summed E-state index contributed by atoms with van der Waals surface area (Å²) in [7, 11) is 1.49. The first-order valence-electron chi connectivity index (χ1n) is 11.1. The molecule has 2 fully saturated rings. The molecular formula is C25H28N2O6. The van der Waals surface area contributed by atoms with Crippen LogP contribution in [0.2, 0.25) is 0 Å². The van der Waals surface area contributed by atoms with Crippen molar-refractivity contribution in [2.45, 2.75) is 32.8 Å². The van der Waals surface area contributed by atoms with Crippen LogP contribution in [0.25, 0.3) is 0 Å². The molecule has 174 valence electrons. The summed E-state index contributed by atoms with van der Waals surface area (Å²) < 4.78 is 16.4. The van der Waals surface area contributed by atoms with E-state index in [9.17, 15) is 14.4 Å². The van der Waals surface area contributed by atoms with Crippen LogP contribution in [0.4, 0.5) is 0 Å². The van der Waals surface area contributed by atoms with Gasteiger partial charge in [0, 0.05) is 5.56 Å². The van der Waals surface area contributed by atoms with E-state index in [0.29, 0.717) is 23.5 Å². The summed E-state index contributed by atoms with van der Waals surface area (Å²) in [5, 5.41) is 5.25. The molecule has 8 heteroatoms. The molecule has 0 unspecified atom stereocenters. The number of ether oxygens (including phenoxy) is 3. The van der Waals surface area contributed by atoms with Crippen LogP contribution in [0.1, 0.15) is 31.4 Å². The third-order valence-electron chi connectivity index (χ3n) is 6.42. The number of imide groups is 1. The first-order chi connectivity index (χ1) is 15.9. The molecule has 1 saturated carbocycles. The van der Waals surface area contributed by atoms with E-state index in [4.69, 9.17) is 14.2 Å². The Bertz CT molecular complexity index is 1020. The Kier molecular flexibility index (Phi) is 6.35. The molecule has 4 rings (SSSR count). The Labute approximate surface area is 192 Å². The molecule has 2 aliphatic carbocycles. The van der Waals surface area contributed by atoms with Gasteiger partial charge in [0.25, 0.3) is 11.8 Å². The van der Waals surface area contributed by atoms with Crippen LogP contribution in [0.15, 0.2) is 42.0 Å². The zero-order chi connectivity index (χ0) is 23.7. The van der Waals surface area contributed by atoms with Crippen LogP contribution in [0.3, 0.4) is 0 Å². The molecule has 2 amide bonds. The number of methoxy groups -OCH3 is 1. The molecule has 1 aromatic carbocycles. The molecule has 1 saturated heterocycles. The Morgan fingerprint density at radius 3 is 2.48 bits per heavy atom. The van der Waals surface area contributed by atoms with Gasteiger partial charge in [0.15, 0.2) is 17.6 Å². The average molecular weight is 453 g/mol. The van der Waals surface area contributed by atoms with Gasteiger partial charge in [0.1, 0.15) is 0 Å². The smallest absolute Gasteiger partial charge is 0.347 e. The highest BCUT2D eigenvalue weighted by Gasteiger charge is 2.59. The van der Waals surface area contributed by atoms with Gasteiger partial charge in [-0.2, -0.15) is 10.1 Å². The highest BCUT2D eigenvalue weighted by Crippen LogP contribution is 2.52. The van der Waals surface area contributed by atoms with Gasteiger partial charge in [-0.15, -0.1) is 6.58 Å². The van der Waals surface area contributed by atoms with E-state index < -0.39 is 12.1 Å². The predicted octanol–water partition coefficient (Wildman–Crippen LogP) is 2.90. The van der Waals surface area contributed by atoms with E-state index in [1.54, 1.807) is 32.1 Å². The van der Waals surface area contributed by atoms with Crippen molar-refractivity contribution in [3.8, 4) is 11.5 Å². The molecule has 3 aliphatic rings. The average Bonchev–Trinajstić information content (AvgIpc) is 3.48. The monoisotopic (exact) mass is 452 g/mol. The lowest BCUT2D eigenvalue weighted by Gasteiger charge is -2.19. The number of esters is 1. The molecule has 0 N–H and O–H groups in total. The maximum atomic E-state index is 12.8. The van der Waals surface area contributed by atoms with Crippen molar-refractivity contribution in [2.24, 2.45) is 28.8 Å².